The molecule has 0 radical (unpaired) electrons. The predicted molar refractivity (Wildman–Crippen MR) is 115 cm³/mol. The summed E-state index contributed by atoms with van der Waals surface area (Å²) in [6.07, 6.45) is 0.800. The van der Waals surface area contributed by atoms with Crippen molar-refractivity contribution in [2.75, 3.05) is 5.32 Å². The molecule has 1 amide bonds. The average molecular weight is 409 g/mol. The average Bonchev–Trinajstić information content (AvgIpc) is 2.98. The second-order valence-corrected chi connectivity index (χ2v) is 8.95. The third-order valence-electron chi connectivity index (χ3n) is 5.69. The zero-order valence-corrected chi connectivity index (χ0v) is 17.8. The number of allylic oxidation sites excluding steroid dienone is 2. The van der Waals surface area contributed by atoms with Crippen molar-refractivity contribution in [1.29, 1.82) is 5.26 Å². The summed E-state index contributed by atoms with van der Waals surface area (Å²) in [5.74, 6) is -2.69. The Balaban J connectivity index is 1.93. The number of hydrogen-bond donors (Lipinski definition) is 2. The molecule has 2 N–H and O–H groups in total. The van der Waals surface area contributed by atoms with Gasteiger partial charge < -0.3 is 10.4 Å². The molecule has 1 aliphatic carbocycles. The van der Waals surface area contributed by atoms with Crippen LogP contribution in [0.3, 0.4) is 0 Å². The molecule has 6 heteroatoms. The molecule has 3 rings (SSSR count). The molecule has 0 unspecified atom stereocenters. The lowest BCUT2D eigenvalue weighted by Crippen LogP contribution is -2.36. The van der Waals surface area contributed by atoms with Crippen LogP contribution in [0.1, 0.15) is 42.7 Å². The number of benzene rings is 1. The molecule has 2 atom stereocenters. The first-order valence-corrected chi connectivity index (χ1v) is 10.3. The Morgan fingerprint density at radius 2 is 1.66 bits per heavy atom. The molecular formula is C23H24N2O3S. The third kappa shape index (κ3) is 4.10. The van der Waals surface area contributed by atoms with Crippen LogP contribution in [0.5, 0.6) is 0 Å². The van der Waals surface area contributed by atoms with Crippen LogP contribution in [-0.2, 0) is 9.59 Å². The number of thiophene rings is 1. The SMILES string of the molecule is CC1=C(C)C[C@@H](C(=O)Nc2sc(C)c(-c3ccc(C)cc3)c2C#N)[C@H](C(=O)O)C1. The van der Waals surface area contributed by atoms with Crippen LogP contribution in [0.25, 0.3) is 11.1 Å². The van der Waals surface area contributed by atoms with E-state index in [0.29, 0.717) is 23.4 Å². The molecule has 0 saturated carbocycles. The van der Waals surface area contributed by atoms with E-state index >= 15 is 0 Å². The monoisotopic (exact) mass is 408 g/mol. The molecule has 1 aromatic heterocycles. The molecule has 0 spiro atoms. The van der Waals surface area contributed by atoms with Gasteiger partial charge >= 0.3 is 5.97 Å². The lowest BCUT2D eigenvalue weighted by Gasteiger charge is -2.29. The molecule has 1 heterocycles. The number of anilines is 1. The van der Waals surface area contributed by atoms with Crippen molar-refractivity contribution in [2.24, 2.45) is 11.8 Å². The number of rotatable bonds is 4. The first-order valence-electron chi connectivity index (χ1n) is 9.52. The van der Waals surface area contributed by atoms with Gasteiger partial charge in [-0.2, -0.15) is 5.26 Å². The van der Waals surface area contributed by atoms with Gasteiger partial charge in [-0.1, -0.05) is 41.0 Å². The molecule has 0 fully saturated rings. The zero-order chi connectivity index (χ0) is 21.3. The van der Waals surface area contributed by atoms with Gasteiger partial charge in [-0.05, 0) is 46.1 Å². The van der Waals surface area contributed by atoms with Gasteiger partial charge in [0.1, 0.15) is 11.1 Å². The molecule has 1 aliphatic rings. The molecule has 0 aliphatic heterocycles. The third-order valence-corrected chi connectivity index (χ3v) is 6.71. The molecule has 29 heavy (non-hydrogen) atoms. The van der Waals surface area contributed by atoms with Gasteiger partial charge in [0, 0.05) is 10.4 Å². The molecule has 150 valence electrons. The maximum Gasteiger partial charge on any atom is 0.307 e. The number of hydrogen-bond acceptors (Lipinski definition) is 4. The van der Waals surface area contributed by atoms with Crippen LogP contribution in [-0.4, -0.2) is 17.0 Å². The summed E-state index contributed by atoms with van der Waals surface area (Å²) in [5.41, 5.74) is 5.40. The highest BCUT2D eigenvalue weighted by atomic mass is 32.1. The van der Waals surface area contributed by atoms with Gasteiger partial charge in [0.05, 0.1) is 17.4 Å². The lowest BCUT2D eigenvalue weighted by atomic mass is 9.76. The van der Waals surface area contributed by atoms with Crippen LogP contribution in [0, 0.1) is 37.0 Å². The molecular weight excluding hydrogens is 384 g/mol. The highest BCUT2D eigenvalue weighted by Gasteiger charge is 2.37. The first-order chi connectivity index (χ1) is 13.7. The quantitative estimate of drug-likeness (QED) is 0.673. The van der Waals surface area contributed by atoms with Crippen molar-refractivity contribution < 1.29 is 14.7 Å². The minimum Gasteiger partial charge on any atom is -0.481 e. The standard InChI is InChI=1S/C23H24N2O3S/c1-12-5-7-16(8-6-12)20-15(4)29-22(19(20)11-24)25-21(26)17-9-13(2)14(3)10-18(17)23(27)28/h5-8,17-18H,9-10H2,1-4H3,(H,25,26)(H,27,28)/t17-,18-/m1/s1. The van der Waals surface area contributed by atoms with Crippen LogP contribution in [0.15, 0.2) is 35.4 Å². The fraction of sp³-hybridized carbons (Fsp3) is 0.348. The van der Waals surface area contributed by atoms with Gasteiger partial charge in [0.25, 0.3) is 0 Å². The number of carboxylic acids is 1. The summed E-state index contributed by atoms with van der Waals surface area (Å²) in [6, 6.07) is 10.1. The van der Waals surface area contributed by atoms with Crippen molar-refractivity contribution in [3.63, 3.8) is 0 Å². The molecule has 0 bridgehead atoms. The van der Waals surface area contributed by atoms with E-state index in [1.54, 1.807) is 0 Å². The number of nitrogens with zero attached hydrogens (tertiary/aromatic N) is 1. The fourth-order valence-electron chi connectivity index (χ4n) is 3.84. The van der Waals surface area contributed by atoms with E-state index in [9.17, 15) is 20.0 Å². The number of carboxylic acid groups (broad SMARTS) is 1. The normalized spacial score (nSPS) is 19.0. The van der Waals surface area contributed by atoms with E-state index in [1.165, 1.54) is 11.3 Å². The van der Waals surface area contributed by atoms with Gasteiger partial charge in [-0.3, -0.25) is 9.59 Å². The summed E-state index contributed by atoms with van der Waals surface area (Å²) < 4.78 is 0. The lowest BCUT2D eigenvalue weighted by molar-refractivity contribution is -0.146. The molecule has 0 saturated heterocycles. The minimum absolute atomic E-state index is 0.336. The summed E-state index contributed by atoms with van der Waals surface area (Å²) >= 11 is 1.35. The minimum atomic E-state index is -0.958. The van der Waals surface area contributed by atoms with Crippen LogP contribution < -0.4 is 5.32 Å². The molecule has 5 nitrogen and oxygen atoms in total. The number of nitriles is 1. The van der Waals surface area contributed by atoms with Crippen LogP contribution >= 0.6 is 11.3 Å². The molecule has 1 aromatic carbocycles. The zero-order valence-electron chi connectivity index (χ0n) is 17.0. The Kier molecular flexibility index (Phi) is 5.90. The highest BCUT2D eigenvalue weighted by Crippen LogP contribution is 2.41. The van der Waals surface area contributed by atoms with E-state index in [1.807, 2.05) is 52.0 Å². The van der Waals surface area contributed by atoms with Crippen molar-refractivity contribution in [2.45, 2.75) is 40.5 Å². The smallest absolute Gasteiger partial charge is 0.307 e. The number of amides is 1. The Hall–Kier alpha value is -2.91. The van der Waals surface area contributed by atoms with E-state index < -0.39 is 17.8 Å². The number of nitrogens with one attached hydrogen (secondary N) is 1. The second kappa shape index (κ2) is 8.22. The Morgan fingerprint density at radius 1 is 1.07 bits per heavy atom. The van der Waals surface area contributed by atoms with Gasteiger partial charge in [-0.15, -0.1) is 11.3 Å². The molecule has 2 aromatic rings. The number of aliphatic carboxylic acids is 1. The maximum absolute atomic E-state index is 13.0. The van der Waals surface area contributed by atoms with Gasteiger partial charge in [0.2, 0.25) is 5.91 Å². The topological polar surface area (TPSA) is 90.2 Å². The van der Waals surface area contributed by atoms with Crippen LogP contribution in [0.4, 0.5) is 5.00 Å². The van der Waals surface area contributed by atoms with Crippen molar-refractivity contribution >= 4 is 28.2 Å². The summed E-state index contributed by atoms with van der Waals surface area (Å²) in [6.45, 7) is 7.79. The Labute approximate surface area is 174 Å². The van der Waals surface area contributed by atoms with Crippen molar-refractivity contribution in [1.82, 2.24) is 0 Å². The summed E-state index contributed by atoms with van der Waals surface area (Å²) in [7, 11) is 0. The maximum atomic E-state index is 13.0. The largest absolute Gasteiger partial charge is 0.481 e. The summed E-state index contributed by atoms with van der Waals surface area (Å²) in [4.78, 5) is 25.7. The number of carbonyl (C=O) groups is 2. The predicted octanol–water partition coefficient (Wildman–Crippen LogP) is 5.29. The van der Waals surface area contributed by atoms with Crippen molar-refractivity contribution in [3.8, 4) is 17.2 Å². The second-order valence-electron chi connectivity index (χ2n) is 7.72. The number of aryl methyl sites for hydroxylation is 2. The van der Waals surface area contributed by atoms with E-state index in [-0.39, 0.29) is 5.91 Å². The van der Waals surface area contributed by atoms with E-state index in [2.05, 4.69) is 11.4 Å². The Morgan fingerprint density at radius 3 is 2.21 bits per heavy atom. The Bertz CT molecular complexity index is 1040. The first kappa shape index (κ1) is 20.8. The van der Waals surface area contributed by atoms with Gasteiger partial charge in [-0.25, -0.2) is 0 Å². The highest BCUT2D eigenvalue weighted by molar-refractivity contribution is 7.17. The van der Waals surface area contributed by atoms with E-state index in [0.717, 1.165) is 32.7 Å². The van der Waals surface area contributed by atoms with E-state index in [4.69, 9.17) is 0 Å². The van der Waals surface area contributed by atoms with Gasteiger partial charge in [0.15, 0.2) is 0 Å². The number of carbonyl (C=O) groups excluding carboxylic acids is 1. The van der Waals surface area contributed by atoms with Crippen LogP contribution in [0.2, 0.25) is 0 Å². The fourth-order valence-corrected chi connectivity index (χ4v) is 4.87. The van der Waals surface area contributed by atoms with Crippen molar-refractivity contribution in [3.05, 3.63) is 51.4 Å². The summed E-state index contributed by atoms with van der Waals surface area (Å²) in [5, 5.41) is 22.7.